The third-order valence-corrected chi connectivity index (χ3v) is 2.73. The molecule has 0 bridgehead atoms. The third kappa shape index (κ3) is 1.39. The minimum absolute atomic E-state index is 0.0432. The van der Waals surface area contributed by atoms with Crippen LogP contribution in [0.3, 0.4) is 0 Å². The zero-order chi connectivity index (χ0) is 11.0. The number of carbonyl (C=O) groups excluding carboxylic acids is 1. The Morgan fingerprint density at radius 2 is 2.12 bits per heavy atom. The molecular formula is C12H11N3O. The van der Waals surface area contributed by atoms with Crippen LogP contribution in [0.4, 0.5) is 5.69 Å². The summed E-state index contributed by atoms with van der Waals surface area (Å²) in [5, 5.41) is 2.91. The van der Waals surface area contributed by atoms with Gasteiger partial charge in [0.25, 0.3) is 0 Å². The highest BCUT2D eigenvalue weighted by Gasteiger charge is 2.15. The number of fused-ring (bicyclic) bond motifs is 3. The standard InChI is InChI=1S/C12H11N3O/c16-12-6-5-11-13-7-8-15(11)10-4-2-1-3-9(10)14-12/h1-4,7-8H,5-6H2,(H,14,16). The van der Waals surface area contributed by atoms with E-state index in [1.807, 2.05) is 35.0 Å². The highest BCUT2D eigenvalue weighted by atomic mass is 16.1. The van der Waals surface area contributed by atoms with E-state index in [0.29, 0.717) is 12.8 Å². The summed E-state index contributed by atoms with van der Waals surface area (Å²) in [6, 6.07) is 7.75. The molecule has 1 aliphatic heterocycles. The normalized spacial score (nSPS) is 14.4. The summed E-state index contributed by atoms with van der Waals surface area (Å²) in [5.74, 6) is 0.976. The molecule has 1 amide bonds. The number of amides is 1. The molecule has 0 spiro atoms. The highest BCUT2D eigenvalue weighted by molar-refractivity contribution is 5.93. The van der Waals surface area contributed by atoms with Crippen LogP contribution < -0.4 is 5.32 Å². The summed E-state index contributed by atoms with van der Waals surface area (Å²) in [7, 11) is 0. The lowest BCUT2D eigenvalue weighted by Gasteiger charge is -2.16. The maximum Gasteiger partial charge on any atom is 0.224 e. The Kier molecular flexibility index (Phi) is 1.99. The number of hydrogen-bond donors (Lipinski definition) is 1. The topological polar surface area (TPSA) is 46.9 Å². The molecule has 0 unspecified atom stereocenters. The molecule has 1 N–H and O–H groups in total. The predicted octanol–water partition coefficient (Wildman–Crippen LogP) is 1.76. The van der Waals surface area contributed by atoms with Crippen LogP contribution in [0, 0.1) is 0 Å². The van der Waals surface area contributed by atoms with Crippen LogP contribution >= 0.6 is 0 Å². The molecule has 0 atom stereocenters. The van der Waals surface area contributed by atoms with E-state index in [4.69, 9.17) is 0 Å². The molecule has 0 aliphatic carbocycles. The molecule has 0 radical (unpaired) electrons. The van der Waals surface area contributed by atoms with Gasteiger partial charge in [0.05, 0.1) is 11.4 Å². The van der Waals surface area contributed by atoms with Crippen molar-refractivity contribution in [2.75, 3.05) is 5.32 Å². The molecule has 3 rings (SSSR count). The number of aryl methyl sites for hydroxylation is 1. The van der Waals surface area contributed by atoms with Gasteiger partial charge in [0.2, 0.25) is 5.91 Å². The Labute approximate surface area is 92.9 Å². The lowest BCUT2D eigenvalue weighted by Crippen LogP contribution is -2.18. The van der Waals surface area contributed by atoms with Gasteiger partial charge in [-0.3, -0.25) is 4.79 Å². The fourth-order valence-corrected chi connectivity index (χ4v) is 1.97. The van der Waals surface area contributed by atoms with Gasteiger partial charge >= 0.3 is 0 Å². The van der Waals surface area contributed by atoms with E-state index in [1.165, 1.54) is 0 Å². The van der Waals surface area contributed by atoms with E-state index in [1.54, 1.807) is 6.20 Å². The number of para-hydroxylation sites is 2. The van der Waals surface area contributed by atoms with Crippen LogP contribution in [0.15, 0.2) is 36.7 Å². The number of carbonyl (C=O) groups is 1. The molecular weight excluding hydrogens is 202 g/mol. The molecule has 0 saturated carbocycles. The maximum atomic E-state index is 11.6. The Hall–Kier alpha value is -2.10. The van der Waals surface area contributed by atoms with Crippen LogP contribution in [-0.4, -0.2) is 15.5 Å². The fourth-order valence-electron chi connectivity index (χ4n) is 1.97. The molecule has 2 heterocycles. The molecule has 1 aromatic heterocycles. The number of benzene rings is 1. The summed E-state index contributed by atoms with van der Waals surface area (Å²) in [6.45, 7) is 0. The lowest BCUT2D eigenvalue weighted by atomic mass is 10.2. The third-order valence-electron chi connectivity index (χ3n) is 2.73. The summed E-state index contributed by atoms with van der Waals surface area (Å²) >= 11 is 0. The van der Waals surface area contributed by atoms with E-state index < -0.39 is 0 Å². The quantitative estimate of drug-likeness (QED) is 0.724. The molecule has 1 aliphatic rings. The second-order valence-electron chi connectivity index (χ2n) is 3.78. The molecule has 4 heteroatoms. The minimum Gasteiger partial charge on any atom is -0.324 e. The second kappa shape index (κ2) is 3.48. The summed E-state index contributed by atoms with van der Waals surface area (Å²) in [6.07, 6.45) is 4.84. The van der Waals surface area contributed by atoms with Crippen molar-refractivity contribution in [2.24, 2.45) is 0 Å². The molecule has 0 saturated heterocycles. The molecule has 80 valence electrons. The van der Waals surface area contributed by atoms with Crippen molar-refractivity contribution in [1.29, 1.82) is 0 Å². The number of anilines is 1. The smallest absolute Gasteiger partial charge is 0.224 e. The maximum absolute atomic E-state index is 11.6. The molecule has 16 heavy (non-hydrogen) atoms. The van der Waals surface area contributed by atoms with E-state index in [-0.39, 0.29) is 5.91 Å². The number of nitrogens with one attached hydrogen (secondary N) is 1. The summed E-state index contributed by atoms with van der Waals surface area (Å²) < 4.78 is 2.02. The highest BCUT2D eigenvalue weighted by Crippen LogP contribution is 2.23. The van der Waals surface area contributed by atoms with Gasteiger partial charge in [0, 0.05) is 25.2 Å². The van der Waals surface area contributed by atoms with Crippen LogP contribution in [0.1, 0.15) is 12.2 Å². The Morgan fingerprint density at radius 1 is 1.25 bits per heavy atom. The van der Waals surface area contributed by atoms with Gasteiger partial charge in [-0.15, -0.1) is 0 Å². The molecule has 4 nitrogen and oxygen atoms in total. The zero-order valence-electron chi connectivity index (χ0n) is 8.68. The van der Waals surface area contributed by atoms with Gasteiger partial charge in [0.1, 0.15) is 5.82 Å². The predicted molar refractivity (Wildman–Crippen MR) is 60.5 cm³/mol. The molecule has 2 aromatic rings. The average molecular weight is 213 g/mol. The summed E-state index contributed by atoms with van der Waals surface area (Å²) in [4.78, 5) is 15.9. The van der Waals surface area contributed by atoms with Crippen molar-refractivity contribution in [1.82, 2.24) is 9.55 Å². The second-order valence-corrected chi connectivity index (χ2v) is 3.78. The monoisotopic (exact) mass is 213 g/mol. The van der Waals surface area contributed by atoms with Gasteiger partial charge in [-0.1, -0.05) is 12.1 Å². The number of aromatic nitrogens is 2. The van der Waals surface area contributed by atoms with Gasteiger partial charge in [-0.2, -0.15) is 0 Å². The SMILES string of the molecule is O=C1CCc2nccn2-c2ccccc2N1. The van der Waals surface area contributed by atoms with Crippen LogP contribution in [-0.2, 0) is 11.2 Å². The number of nitrogens with zero attached hydrogens (tertiary/aromatic N) is 2. The number of imidazole rings is 1. The van der Waals surface area contributed by atoms with Gasteiger partial charge in [-0.05, 0) is 12.1 Å². The van der Waals surface area contributed by atoms with Crippen molar-refractivity contribution in [3.05, 3.63) is 42.5 Å². The van der Waals surface area contributed by atoms with Crippen LogP contribution in [0.5, 0.6) is 0 Å². The van der Waals surface area contributed by atoms with E-state index in [0.717, 1.165) is 17.2 Å². The van der Waals surface area contributed by atoms with Gasteiger partial charge in [0.15, 0.2) is 0 Å². The molecule has 1 aromatic carbocycles. The van der Waals surface area contributed by atoms with Gasteiger partial charge < -0.3 is 9.88 Å². The first kappa shape index (κ1) is 9.15. The fraction of sp³-hybridized carbons (Fsp3) is 0.167. The van der Waals surface area contributed by atoms with Crippen molar-refractivity contribution in [3.63, 3.8) is 0 Å². The zero-order valence-corrected chi connectivity index (χ0v) is 8.68. The first-order chi connectivity index (χ1) is 7.84. The first-order valence-corrected chi connectivity index (χ1v) is 5.26. The number of rotatable bonds is 0. The van der Waals surface area contributed by atoms with Crippen molar-refractivity contribution in [3.8, 4) is 5.69 Å². The van der Waals surface area contributed by atoms with E-state index in [9.17, 15) is 4.79 Å². The van der Waals surface area contributed by atoms with E-state index in [2.05, 4.69) is 10.3 Å². The lowest BCUT2D eigenvalue weighted by molar-refractivity contribution is -0.116. The number of hydrogen-bond acceptors (Lipinski definition) is 2. The van der Waals surface area contributed by atoms with Crippen molar-refractivity contribution < 1.29 is 4.79 Å². The largest absolute Gasteiger partial charge is 0.324 e. The minimum atomic E-state index is 0.0432. The Morgan fingerprint density at radius 3 is 3.06 bits per heavy atom. The van der Waals surface area contributed by atoms with Crippen molar-refractivity contribution in [2.45, 2.75) is 12.8 Å². The Balaban J connectivity index is 2.22. The van der Waals surface area contributed by atoms with Gasteiger partial charge in [-0.25, -0.2) is 4.98 Å². The van der Waals surface area contributed by atoms with Crippen LogP contribution in [0.2, 0.25) is 0 Å². The summed E-state index contributed by atoms with van der Waals surface area (Å²) in [5.41, 5.74) is 1.81. The Bertz CT molecular complexity index is 545. The van der Waals surface area contributed by atoms with Crippen molar-refractivity contribution >= 4 is 11.6 Å². The average Bonchev–Trinajstić information content (AvgIpc) is 2.73. The molecule has 0 fully saturated rings. The van der Waals surface area contributed by atoms with Crippen LogP contribution in [0.25, 0.3) is 5.69 Å². The van der Waals surface area contributed by atoms with E-state index >= 15 is 0 Å². The first-order valence-electron chi connectivity index (χ1n) is 5.26.